The number of halogens is 2. The summed E-state index contributed by atoms with van der Waals surface area (Å²) < 4.78 is 37.5. The van der Waals surface area contributed by atoms with Gasteiger partial charge in [-0.25, -0.2) is 13.6 Å². The number of benzene rings is 1. The molecule has 0 bridgehead atoms. The molecule has 1 fully saturated rings. The molecule has 0 saturated carbocycles. The second-order valence-electron chi connectivity index (χ2n) is 4.00. The van der Waals surface area contributed by atoms with Gasteiger partial charge in [0.25, 0.3) is 0 Å². The maximum atomic E-state index is 13.6. The summed E-state index contributed by atoms with van der Waals surface area (Å²) in [6.07, 6.45) is 0.803. The Morgan fingerprint density at radius 3 is 2.33 bits per heavy atom. The summed E-state index contributed by atoms with van der Waals surface area (Å²) in [5, 5.41) is 8.66. The van der Waals surface area contributed by atoms with E-state index in [-0.39, 0.29) is 6.10 Å². The lowest BCUT2D eigenvalue weighted by molar-refractivity contribution is 0.0223. The largest absolute Gasteiger partial charge is 0.484 e. The summed E-state index contributed by atoms with van der Waals surface area (Å²) in [4.78, 5) is 10.6. The third-order valence-corrected chi connectivity index (χ3v) is 2.70. The molecule has 1 aromatic rings. The lowest BCUT2D eigenvalue weighted by Gasteiger charge is -2.23. The Morgan fingerprint density at radius 1 is 1.28 bits per heavy atom. The second-order valence-corrected chi connectivity index (χ2v) is 4.00. The molecule has 4 nitrogen and oxygen atoms in total. The number of hydrogen-bond acceptors (Lipinski definition) is 3. The van der Waals surface area contributed by atoms with Crippen LogP contribution >= 0.6 is 0 Å². The third kappa shape index (κ3) is 2.76. The van der Waals surface area contributed by atoms with Gasteiger partial charge in [-0.1, -0.05) is 0 Å². The first-order chi connectivity index (χ1) is 8.58. The first-order valence-electron chi connectivity index (χ1n) is 5.54. The van der Waals surface area contributed by atoms with Gasteiger partial charge in [0.1, 0.15) is 6.10 Å². The predicted molar refractivity (Wildman–Crippen MR) is 57.8 cm³/mol. The first-order valence-corrected chi connectivity index (χ1v) is 5.54. The molecular formula is C12H12F2O4. The zero-order chi connectivity index (χ0) is 13.1. The summed E-state index contributed by atoms with van der Waals surface area (Å²) in [5.74, 6) is -3.91. The van der Waals surface area contributed by atoms with Gasteiger partial charge in [-0.3, -0.25) is 0 Å². The van der Waals surface area contributed by atoms with Crippen molar-refractivity contribution < 1.29 is 28.2 Å². The van der Waals surface area contributed by atoms with Crippen molar-refractivity contribution in [2.45, 2.75) is 18.9 Å². The quantitative estimate of drug-likeness (QED) is 0.903. The number of carboxylic acid groups (broad SMARTS) is 1. The highest BCUT2D eigenvalue weighted by molar-refractivity contribution is 5.87. The molecule has 6 heteroatoms. The number of hydrogen-bond donors (Lipinski definition) is 1. The normalized spacial score (nSPS) is 16.6. The van der Waals surface area contributed by atoms with Crippen LogP contribution in [0.3, 0.4) is 0 Å². The van der Waals surface area contributed by atoms with E-state index in [9.17, 15) is 13.6 Å². The van der Waals surface area contributed by atoms with Crippen LogP contribution in [-0.2, 0) is 4.74 Å². The molecule has 1 aliphatic rings. The number of carboxylic acids is 1. The van der Waals surface area contributed by atoms with Crippen molar-refractivity contribution in [3.63, 3.8) is 0 Å². The van der Waals surface area contributed by atoms with Gasteiger partial charge in [0.05, 0.1) is 18.8 Å². The molecule has 0 atom stereocenters. The van der Waals surface area contributed by atoms with Crippen molar-refractivity contribution in [3.8, 4) is 5.75 Å². The lowest BCUT2D eigenvalue weighted by atomic mass is 10.1. The standard InChI is InChI=1S/C12H12F2O4/c13-9-5-7(12(15)16)6-10(14)11(9)18-8-1-3-17-4-2-8/h5-6,8H,1-4H2,(H,15,16). The van der Waals surface area contributed by atoms with Crippen LogP contribution in [0.1, 0.15) is 23.2 Å². The van der Waals surface area contributed by atoms with Gasteiger partial charge in [0.2, 0.25) is 0 Å². The Balaban J connectivity index is 2.19. The maximum absolute atomic E-state index is 13.6. The van der Waals surface area contributed by atoms with E-state index in [0.717, 1.165) is 12.1 Å². The molecule has 1 N–H and O–H groups in total. The molecule has 0 unspecified atom stereocenters. The van der Waals surface area contributed by atoms with E-state index in [2.05, 4.69) is 0 Å². The Morgan fingerprint density at radius 2 is 1.83 bits per heavy atom. The maximum Gasteiger partial charge on any atom is 0.335 e. The molecule has 1 saturated heterocycles. The van der Waals surface area contributed by atoms with Gasteiger partial charge in [0, 0.05) is 12.8 Å². The van der Waals surface area contributed by atoms with Gasteiger partial charge in [-0.05, 0) is 12.1 Å². The van der Waals surface area contributed by atoms with E-state index in [1.54, 1.807) is 0 Å². The van der Waals surface area contributed by atoms with E-state index in [1.165, 1.54) is 0 Å². The molecule has 0 amide bonds. The monoisotopic (exact) mass is 258 g/mol. The predicted octanol–water partition coefficient (Wildman–Crippen LogP) is 2.22. The highest BCUT2D eigenvalue weighted by Gasteiger charge is 2.21. The van der Waals surface area contributed by atoms with Crippen molar-refractivity contribution in [2.75, 3.05) is 13.2 Å². The molecule has 1 aromatic carbocycles. The average Bonchev–Trinajstić information content (AvgIpc) is 2.34. The van der Waals surface area contributed by atoms with Gasteiger partial charge >= 0.3 is 5.97 Å². The fraction of sp³-hybridized carbons (Fsp3) is 0.417. The minimum Gasteiger partial charge on any atom is -0.484 e. The van der Waals surface area contributed by atoms with Crippen LogP contribution in [0.4, 0.5) is 8.78 Å². The van der Waals surface area contributed by atoms with E-state index in [1.807, 2.05) is 0 Å². The van der Waals surface area contributed by atoms with Crippen LogP contribution in [0, 0.1) is 11.6 Å². The third-order valence-electron chi connectivity index (χ3n) is 2.70. The fourth-order valence-electron chi connectivity index (χ4n) is 1.76. The number of rotatable bonds is 3. The lowest BCUT2D eigenvalue weighted by Crippen LogP contribution is -2.26. The highest BCUT2D eigenvalue weighted by atomic mass is 19.1. The molecule has 1 aliphatic heterocycles. The van der Waals surface area contributed by atoms with Crippen LogP contribution in [-0.4, -0.2) is 30.4 Å². The van der Waals surface area contributed by atoms with Crippen molar-refractivity contribution in [2.24, 2.45) is 0 Å². The van der Waals surface area contributed by atoms with E-state index < -0.39 is 28.9 Å². The average molecular weight is 258 g/mol. The smallest absolute Gasteiger partial charge is 0.335 e. The topological polar surface area (TPSA) is 55.8 Å². The van der Waals surface area contributed by atoms with Gasteiger partial charge in [-0.15, -0.1) is 0 Å². The minimum atomic E-state index is -1.38. The highest BCUT2D eigenvalue weighted by Crippen LogP contribution is 2.26. The van der Waals surface area contributed by atoms with Crippen LogP contribution in [0.15, 0.2) is 12.1 Å². The Bertz CT molecular complexity index is 432. The summed E-state index contributed by atoms with van der Waals surface area (Å²) in [6.45, 7) is 0.974. The number of carbonyl (C=O) groups is 1. The summed E-state index contributed by atoms with van der Waals surface area (Å²) in [5.41, 5.74) is -0.440. The molecule has 0 aliphatic carbocycles. The molecule has 0 aromatic heterocycles. The van der Waals surface area contributed by atoms with Gasteiger partial charge in [0.15, 0.2) is 17.4 Å². The summed E-state index contributed by atoms with van der Waals surface area (Å²) in [6, 6.07) is 1.50. The molecule has 0 spiro atoms. The number of aromatic carboxylic acids is 1. The zero-order valence-corrected chi connectivity index (χ0v) is 9.49. The minimum absolute atomic E-state index is 0.307. The number of ether oxygens (including phenoxy) is 2. The van der Waals surface area contributed by atoms with Crippen molar-refractivity contribution in [3.05, 3.63) is 29.3 Å². The molecule has 1 heterocycles. The fourth-order valence-corrected chi connectivity index (χ4v) is 1.76. The molecule has 2 rings (SSSR count). The Labute approximate surface area is 102 Å². The Kier molecular flexibility index (Phi) is 3.76. The molecule has 98 valence electrons. The van der Waals surface area contributed by atoms with Crippen molar-refractivity contribution >= 4 is 5.97 Å². The van der Waals surface area contributed by atoms with Crippen molar-refractivity contribution in [1.82, 2.24) is 0 Å². The SMILES string of the molecule is O=C(O)c1cc(F)c(OC2CCOCC2)c(F)c1. The van der Waals surface area contributed by atoms with Gasteiger partial charge in [-0.2, -0.15) is 0 Å². The van der Waals surface area contributed by atoms with Crippen molar-refractivity contribution in [1.29, 1.82) is 0 Å². The molecule has 18 heavy (non-hydrogen) atoms. The van der Waals surface area contributed by atoms with Crippen LogP contribution in [0.25, 0.3) is 0 Å². The van der Waals surface area contributed by atoms with Crippen LogP contribution in [0.5, 0.6) is 5.75 Å². The van der Waals surface area contributed by atoms with Crippen LogP contribution in [0.2, 0.25) is 0 Å². The second kappa shape index (κ2) is 5.30. The van der Waals surface area contributed by atoms with E-state index >= 15 is 0 Å². The Hall–Kier alpha value is -1.69. The van der Waals surface area contributed by atoms with E-state index in [0.29, 0.717) is 26.1 Å². The molecule has 0 radical (unpaired) electrons. The van der Waals surface area contributed by atoms with E-state index in [4.69, 9.17) is 14.6 Å². The van der Waals surface area contributed by atoms with Crippen LogP contribution < -0.4 is 4.74 Å². The zero-order valence-electron chi connectivity index (χ0n) is 9.49. The summed E-state index contributed by atoms with van der Waals surface area (Å²) in [7, 11) is 0. The first kappa shape index (κ1) is 12.8. The van der Waals surface area contributed by atoms with Gasteiger partial charge < -0.3 is 14.6 Å². The molecular weight excluding hydrogens is 246 g/mol. The summed E-state index contributed by atoms with van der Waals surface area (Å²) >= 11 is 0.